The molecule has 1 aliphatic rings. The zero-order valence-electron chi connectivity index (χ0n) is 20.9. The third kappa shape index (κ3) is 5.17. The third-order valence-electron chi connectivity index (χ3n) is 6.82. The number of fused-ring (bicyclic) bond motifs is 2. The fourth-order valence-electron chi connectivity index (χ4n) is 4.90. The van der Waals surface area contributed by atoms with Crippen LogP contribution in [-0.4, -0.2) is 45.0 Å². The van der Waals surface area contributed by atoms with Crippen LogP contribution in [0.4, 0.5) is 0 Å². The van der Waals surface area contributed by atoms with Crippen molar-refractivity contribution < 1.29 is 9.90 Å². The van der Waals surface area contributed by atoms with Crippen molar-refractivity contribution in [3.63, 3.8) is 0 Å². The largest absolute Gasteiger partial charge is 0.390 e. The lowest BCUT2D eigenvalue weighted by molar-refractivity contribution is 0.0811. The van der Waals surface area contributed by atoms with Gasteiger partial charge in [0.15, 0.2) is 5.78 Å². The number of imidazole rings is 2. The summed E-state index contributed by atoms with van der Waals surface area (Å²) in [4.78, 5) is 22.2. The van der Waals surface area contributed by atoms with Gasteiger partial charge in [0.2, 0.25) is 0 Å². The molecule has 0 spiro atoms. The first-order chi connectivity index (χ1) is 17.7. The molecule has 0 unspecified atom stereocenters. The maximum atomic E-state index is 12.9. The highest BCUT2D eigenvalue weighted by Gasteiger charge is 2.26. The molecule has 190 valence electrons. The fraction of sp³-hybridized carbons (Fsp3) is 0.357. The third-order valence-corrected chi connectivity index (χ3v) is 7.05. The van der Waals surface area contributed by atoms with Gasteiger partial charge in [-0.2, -0.15) is 5.10 Å². The van der Waals surface area contributed by atoms with E-state index in [9.17, 15) is 9.90 Å². The van der Waals surface area contributed by atoms with E-state index in [1.165, 1.54) is 18.4 Å². The smallest absolute Gasteiger partial charge is 0.166 e. The Kier molecular flexibility index (Phi) is 5.88. The number of carbonyl (C=O) groups is 1. The summed E-state index contributed by atoms with van der Waals surface area (Å²) in [5, 5.41) is 15.5. The highest BCUT2D eigenvalue weighted by Crippen LogP contribution is 2.41. The highest BCUT2D eigenvalue weighted by molar-refractivity contribution is 6.30. The van der Waals surface area contributed by atoms with E-state index in [-0.39, 0.29) is 5.78 Å². The minimum Gasteiger partial charge on any atom is -0.390 e. The maximum Gasteiger partial charge on any atom is 0.166 e. The van der Waals surface area contributed by atoms with Crippen LogP contribution in [0.3, 0.4) is 0 Å². The van der Waals surface area contributed by atoms with E-state index in [1.807, 2.05) is 42.8 Å². The van der Waals surface area contributed by atoms with E-state index in [1.54, 1.807) is 23.4 Å². The molecule has 6 rings (SSSR count). The molecule has 8 nitrogen and oxygen atoms in total. The number of hydrogen-bond acceptors (Lipinski definition) is 5. The predicted octanol–water partition coefficient (Wildman–Crippen LogP) is 4.89. The Morgan fingerprint density at radius 2 is 2.03 bits per heavy atom. The molecule has 1 fully saturated rings. The van der Waals surface area contributed by atoms with Crippen molar-refractivity contribution in [2.24, 2.45) is 0 Å². The highest BCUT2D eigenvalue weighted by atomic mass is 35.5. The second-order valence-corrected chi connectivity index (χ2v) is 11.1. The molecule has 1 saturated carbocycles. The van der Waals surface area contributed by atoms with E-state index >= 15 is 0 Å². The first kappa shape index (κ1) is 23.9. The normalized spacial score (nSPS) is 14.2. The molecule has 0 aliphatic heterocycles. The fourth-order valence-corrected chi connectivity index (χ4v) is 5.06. The number of halogens is 1. The Balaban J connectivity index is 1.17. The number of carbonyl (C=O) groups excluding carboxylic acids is 1. The van der Waals surface area contributed by atoms with Crippen molar-refractivity contribution in [1.82, 2.24) is 28.5 Å². The van der Waals surface area contributed by atoms with Crippen LogP contribution in [0.1, 0.15) is 71.9 Å². The van der Waals surface area contributed by atoms with Crippen LogP contribution in [0.5, 0.6) is 0 Å². The van der Waals surface area contributed by atoms with Gasteiger partial charge in [0.1, 0.15) is 5.65 Å². The topological polar surface area (TPSA) is 89.7 Å². The quantitative estimate of drug-likeness (QED) is 0.282. The minimum atomic E-state index is -0.818. The number of nitrogens with zero attached hydrogens (tertiary/aromatic N) is 6. The summed E-state index contributed by atoms with van der Waals surface area (Å²) in [5.74, 6) is 0.624. The monoisotopic (exact) mass is 516 g/mol. The summed E-state index contributed by atoms with van der Waals surface area (Å²) >= 11 is 6.13. The lowest BCUT2D eigenvalue weighted by Gasteiger charge is -2.18. The number of Topliss-reactive ketones (excluding diaryl/α,β-unsaturated/α-hetero) is 1. The number of aromatic nitrogens is 6. The molecule has 0 saturated heterocycles. The number of ketones is 1. The minimum absolute atomic E-state index is 0.0194. The van der Waals surface area contributed by atoms with Crippen molar-refractivity contribution in [2.45, 2.75) is 64.0 Å². The Bertz CT molecular complexity index is 1620. The van der Waals surface area contributed by atoms with Gasteiger partial charge in [0.25, 0.3) is 0 Å². The standard InChI is InChI=1S/C28H29ClN6O2/c1-28(2,37)11-19-9-20(18-3-4-18)13-34-15-23(32-27(19)34)16-35-14-21(12-31-35)26(36)6-5-24-25-10-22(29)7-8-33(25)17-30-24/h7-10,12-15,17-18,37H,3-6,11,16H2,1-2H3. The molecule has 0 radical (unpaired) electrons. The van der Waals surface area contributed by atoms with Crippen LogP contribution in [0.25, 0.3) is 11.2 Å². The van der Waals surface area contributed by atoms with Gasteiger partial charge in [-0.05, 0) is 62.3 Å². The number of aliphatic hydroxyl groups is 1. The van der Waals surface area contributed by atoms with Crippen LogP contribution in [-0.2, 0) is 19.4 Å². The Labute approximate surface area is 219 Å². The number of rotatable bonds is 9. The van der Waals surface area contributed by atoms with Gasteiger partial charge in [-0.15, -0.1) is 0 Å². The van der Waals surface area contributed by atoms with Crippen LogP contribution < -0.4 is 0 Å². The van der Waals surface area contributed by atoms with Crippen LogP contribution in [0.15, 0.2) is 55.5 Å². The summed E-state index contributed by atoms with van der Waals surface area (Å²) < 4.78 is 5.72. The van der Waals surface area contributed by atoms with Crippen molar-refractivity contribution in [1.29, 1.82) is 0 Å². The number of aryl methyl sites for hydroxylation is 1. The van der Waals surface area contributed by atoms with Crippen molar-refractivity contribution in [2.75, 3.05) is 0 Å². The molecule has 5 aromatic rings. The zero-order chi connectivity index (χ0) is 25.7. The molecule has 5 aromatic heterocycles. The molecular formula is C28H29ClN6O2. The van der Waals surface area contributed by atoms with Gasteiger partial charge < -0.3 is 13.9 Å². The molecular weight excluding hydrogens is 488 g/mol. The van der Waals surface area contributed by atoms with Gasteiger partial charge in [-0.1, -0.05) is 17.7 Å². The van der Waals surface area contributed by atoms with Gasteiger partial charge in [0.05, 0.1) is 47.1 Å². The SMILES string of the molecule is CC(C)(O)Cc1cc(C2CC2)cn2cc(Cn3cc(C(=O)CCc4ncn5ccc(Cl)cc45)cn3)nc12. The molecule has 0 bridgehead atoms. The second-order valence-electron chi connectivity index (χ2n) is 10.7. The van der Waals surface area contributed by atoms with Gasteiger partial charge in [-0.3, -0.25) is 9.48 Å². The first-order valence-corrected chi connectivity index (χ1v) is 13.0. The lowest BCUT2D eigenvalue weighted by Crippen LogP contribution is -2.22. The summed E-state index contributed by atoms with van der Waals surface area (Å²) in [7, 11) is 0. The summed E-state index contributed by atoms with van der Waals surface area (Å²) in [6, 6.07) is 5.87. The molecule has 37 heavy (non-hydrogen) atoms. The number of pyridine rings is 2. The van der Waals surface area contributed by atoms with Gasteiger partial charge >= 0.3 is 0 Å². The predicted molar refractivity (Wildman–Crippen MR) is 141 cm³/mol. The summed E-state index contributed by atoms with van der Waals surface area (Å²) in [6.07, 6.45) is 15.0. The molecule has 9 heteroatoms. The van der Waals surface area contributed by atoms with Gasteiger partial charge in [-0.25, -0.2) is 9.97 Å². The molecule has 5 heterocycles. The Morgan fingerprint density at radius 3 is 2.81 bits per heavy atom. The van der Waals surface area contributed by atoms with Crippen LogP contribution >= 0.6 is 11.6 Å². The van der Waals surface area contributed by atoms with Crippen LogP contribution in [0.2, 0.25) is 5.02 Å². The lowest BCUT2D eigenvalue weighted by atomic mass is 9.98. The summed E-state index contributed by atoms with van der Waals surface area (Å²) in [6.45, 7) is 4.10. The van der Waals surface area contributed by atoms with E-state index < -0.39 is 5.60 Å². The molecule has 1 N–H and O–H groups in total. The number of hydrogen-bond donors (Lipinski definition) is 1. The van der Waals surface area contributed by atoms with Crippen LogP contribution in [0, 0.1) is 0 Å². The van der Waals surface area contributed by atoms with Crippen molar-refractivity contribution in [3.8, 4) is 0 Å². The average Bonchev–Trinajstić information content (AvgIpc) is 3.25. The molecule has 0 aromatic carbocycles. The van der Waals surface area contributed by atoms with E-state index in [4.69, 9.17) is 16.6 Å². The van der Waals surface area contributed by atoms with Gasteiger partial charge in [0, 0.05) is 42.7 Å². The zero-order valence-corrected chi connectivity index (χ0v) is 21.7. The summed E-state index contributed by atoms with van der Waals surface area (Å²) in [5.41, 5.74) is 5.58. The Morgan fingerprint density at radius 1 is 1.19 bits per heavy atom. The van der Waals surface area contributed by atoms with E-state index in [0.717, 1.165) is 28.1 Å². The van der Waals surface area contributed by atoms with Crippen molar-refractivity contribution >= 4 is 28.5 Å². The maximum absolute atomic E-state index is 12.9. The van der Waals surface area contributed by atoms with E-state index in [0.29, 0.717) is 42.3 Å². The second kappa shape index (κ2) is 9.11. The molecule has 0 atom stereocenters. The van der Waals surface area contributed by atoms with E-state index in [2.05, 4.69) is 26.7 Å². The molecule has 0 amide bonds. The Hall–Kier alpha value is -3.49. The molecule has 1 aliphatic carbocycles. The average molecular weight is 517 g/mol. The first-order valence-electron chi connectivity index (χ1n) is 12.6. The van der Waals surface area contributed by atoms with Crippen molar-refractivity contribution in [3.05, 3.63) is 88.6 Å².